The van der Waals surface area contributed by atoms with Crippen molar-refractivity contribution in [2.24, 2.45) is 17.2 Å². The highest BCUT2D eigenvalue weighted by molar-refractivity contribution is 5.97. The van der Waals surface area contributed by atoms with Gasteiger partial charge in [0.05, 0.1) is 32.2 Å². The summed E-state index contributed by atoms with van der Waals surface area (Å²) in [7, 11) is 0. The third-order valence-electron chi connectivity index (χ3n) is 7.25. The van der Waals surface area contributed by atoms with Gasteiger partial charge in [-0.1, -0.05) is 60.7 Å². The molecule has 0 saturated heterocycles. The molecule has 13 N–H and O–H groups in total. The third-order valence-corrected chi connectivity index (χ3v) is 7.25. The molecule has 4 atom stereocenters. The molecule has 0 bridgehead atoms. The van der Waals surface area contributed by atoms with Gasteiger partial charge in [-0.3, -0.25) is 38.4 Å². The van der Waals surface area contributed by atoms with Crippen molar-refractivity contribution in [2.75, 3.05) is 26.2 Å². The fraction of sp³-hybridized carbons (Fsp3) is 0.394. The van der Waals surface area contributed by atoms with Crippen molar-refractivity contribution in [1.29, 1.82) is 0 Å². The smallest absolute Gasteiger partial charge is 0.245 e. The Hall–Kier alpha value is -5.88. The van der Waals surface area contributed by atoms with Gasteiger partial charge in [-0.15, -0.1) is 0 Å². The monoisotopic (exact) mass is 711 g/mol. The van der Waals surface area contributed by atoms with E-state index in [-0.39, 0.29) is 25.8 Å². The fourth-order valence-corrected chi connectivity index (χ4v) is 4.52. The van der Waals surface area contributed by atoms with Crippen LogP contribution in [0, 0.1) is 0 Å². The number of carbonyl (C=O) groups excluding carboxylic acids is 8. The van der Waals surface area contributed by atoms with E-state index < -0.39 is 97.5 Å². The summed E-state index contributed by atoms with van der Waals surface area (Å²) >= 11 is 0. The number of carbonyl (C=O) groups is 8. The van der Waals surface area contributed by atoms with Crippen LogP contribution in [0.25, 0.3) is 0 Å². The van der Waals surface area contributed by atoms with Crippen LogP contribution in [0.1, 0.15) is 30.4 Å². The average Bonchev–Trinajstić information content (AvgIpc) is 3.10. The molecule has 0 saturated carbocycles. The minimum absolute atomic E-state index is 0.0312. The normalized spacial score (nSPS) is 12.9. The summed E-state index contributed by atoms with van der Waals surface area (Å²) < 4.78 is 0. The zero-order valence-corrected chi connectivity index (χ0v) is 27.9. The number of amides is 8. The minimum Gasteiger partial charge on any atom is -0.394 e. The number of benzene rings is 2. The van der Waals surface area contributed by atoms with Crippen LogP contribution in [-0.2, 0) is 51.2 Å². The molecule has 0 radical (unpaired) electrons. The third kappa shape index (κ3) is 16.4. The predicted molar refractivity (Wildman–Crippen MR) is 182 cm³/mol. The maximum Gasteiger partial charge on any atom is 0.245 e. The highest BCUT2D eigenvalue weighted by Crippen LogP contribution is 2.06. The molecule has 51 heavy (non-hydrogen) atoms. The summed E-state index contributed by atoms with van der Waals surface area (Å²) in [5, 5.41) is 24.0. The molecule has 2 rings (SSSR count). The summed E-state index contributed by atoms with van der Waals surface area (Å²) in [5.41, 5.74) is 17.7. The Morgan fingerprint density at radius 1 is 0.608 bits per heavy atom. The number of rotatable bonds is 22. The quantitative estimate of drug-likeness (QED) is 0.0561. The molecule has 0 aliphatic heterocycles. The van der Waals surface area contributed by atoms with Crippen LogP contribution in [0.3, 0.4) is 0 Å². The second-order valence-electron chi connectivity index (χ2n) is 11.4. The lowest BCUT2D eigenvalue weighted by atomic mass is 10.0. The number of hydrogen-bond donors (Lipinski definition) is 10. The molecule has 0 spiro atoms. The molecular weight excluding hydrogens is 666 g/mol. The van der Waals surface area contributed by atoms with Gasteiger partial charge in [0.1, 0.15) is 18.1 Å². The Bertz CT molecular complexity index is 1510. The van der Waals surface area contributed by atoms with E-state index >= 15 is 0 Å². The van der Waals surface area contributed by atoms with Crippen LogP contribution in [0.2, 0.25) is 0 Å². The van der Waals surface area contributed by atoms with Crippen LogP contribution in [-0.4, -0.2) is 103 Å². The molecule has 276 valence electrons. The van der Waals surface area contributed by atoms with Crippen molar-refractivity contribution in [3.63, 3.8) is 0 Å². The highest BCUT2D eigenvalue weighted by Gasteiger charge is 2.31. The summed E-state index contributed by atoms with van der Waals surface area (Å²) in [6, 6.07) is 12.8. The molecule has 2 aromatic carbocycles. The Labute approximate surface area is 294 Å². The zero-order valence-electron chi connectivity index (χ0n) is 27.9. The van der Waals surface area contributed by atoms with Crippen molar-refractivity contribution in [1.82, 2.24) is 31.9 Å². The number of hydrogen-bond acceptors (Lipinski definition) is 10. The van der Waals surface area contributed by atoms with Gasteiger partial charge in [-0.2, -0.15) is 0 Å². The van der Waals surface area contributed by atoms with Gasteiger partial charge >= 0.3 is 0 Å². The summed E-state index contributed by atoms with van der Waals surface area (Å²) in [6.45, 7) is -1.89. The van der Waals surface area contributed by atoms with E-state index in [9.17, 15) is 43.5 Å². The molecule has 18 nitrogen and oxygen atoms in total. The Morgan fingerprint density at radius 3 is 1.76 bits per heavy atom. The lowest BCUT2D eigenvalue weighted by Gasteiger charge is -2.24. The van der Waals surface area contributed by atoms with Gasteiger partial charge in [0.25, 0.3) is 0 Å². The van der Waals surface area contributed by atoms with Crippen molar-refractivity contribution in [3.8, 4) is 0 Å². The van der Waals surface area contributed by atoms with Gasteiger partial charge in [0.2, 0.25) is 47.3 Å². The van der Waals surface area contributed by atoms with Crippen molar-refractivity contribution < 1.29 is 43.5 Å². The molecular formula is C33H45N9O9. The first-order chi connectivity index (χ1) is 24.3. The predicted octanol–water partition coefficient (Wildman–Crippen LogP) is -4.26. The minimum atomic E-state index is -1.62. The molecule has 0 aliphatic carbocycles. The molecule has 0 heterocycles. The molecule has 18 heteroatoms. The summed E-state index contributed by atoms with van der Waals surface area (Å²) in [5.74, 6) is -6.55. The Morgan fingerprint density at radius 2 is 1.18 bits per heavy atom. The number of aliphatic hydroxyl groups is 1. The number of primary amides is 2. The van der Waals surface area contributed by atoms with Crippen molar-refractivity contribution in [3.05, 3.63) is 71.8 Å². The van der Waals surface area contributed by atoms with E-state index in [1.54, 1.807) is 30.3 Å². The van der Waals surface area contributed by atoms with E-state index in [4.69, 9.17) is 17.2 Å². The van der Waals surface area contributed by atoms with Crippen LogP contribution in [0.15, 0.2) is 60.7 Å². The van der Waals surface area contributed by atoms with Crippen LogP contribution < -0.4 is 49.1 Å². The van der Waals surface area contributed by atoms with Gasteiger partial charge in [0, 0.05) is 19.4 Å². The second-order valence-corrected chi connectivity index (χ2v) is 11.4. The van der Waals surface area contributed by atoms with Gasteiger partial charge in [-0.25, -0.2) is 0 Å². The molecule has 4 unspecified atom stereocenters. The number of aliphatic hydroxyl groups excluding tert-OH is 1. The van der Waals surface area contributed by atoms with Gasteiger partial charge < -0.3 is 54.2 Å². The first-order valence-electron chi connectivity index (χ1n) is 16.0. The fourth-order valence-electron chi connectivity index (χ4n) is 4.52. The summed E-state index contributed by atoms with van der Waals surface area (Å²) in [4.78, 5) is 98.7. The Kier molecular flexibility index (Phi) is 17.8. The average molecular weight is 712 g/mol. The first-order valence-corrected chi connectivity index (χ1v) is 16.0. The SMILES string of the molecule is NC(=O)CCC(N)C(=O)NCC(=O)NCC(=O)NC(CO)C(=O)NC(CC(N)=O)C(=O)NC(Cc1ccccc1)C(=O)NCCc1ccccc1. The van der Waals surface area contributed by atoms with E-state index in [0.717, 1.165) is 11.1 Å². The molecule has 8 amide bonds. The topological polar surface area (TPSA) is 307 Å². The van der Waals surface area contributed by atoms with Gasteiger partial charge in [0.15, 0.2) is 0 Å². The van der Waals surface area contributed by atoms with Crippen LogP contribution >= 0.6 is 0 Å². The van der Waals surface area contributed by atoms with E-state index in [0.29, 0.717) is 6.42 Å². The largest absolute Gasteiger partial charge is 0.394 e. The molecule has 2 aromatic rings. The van der Waals surface area contributed by atoms with E-state index in [1.165, 1.54) is 0 Å². The molecule has 0 aromatic heterocycles. The number of nitrogens with two attached hydrogens (primary N) is 3. The highest BCUT2D eigenvalue weighted by atomic mass is 16.3. The Balaban J connectivity index is 1.98. The van der Waals surface area contributed by atoms with Gasteiger partial charge in [-0.05, 0) is 24.0 Å². The summed E-state index contributed by atoms with van der Waals surface area (Å²) in [6.07, 6.45) is -0.229. The lowest BCUT2D eigenvalue weighted by Crippen LogP contribution is -2.59. The van der Waals surface area contributed by atoms with Crippen molar-refractivity contribution >= 4 is 47.3 Å². The maximum absolute atomic E-state index is 13.4. The standard InChI is InChI=1S/C33H45N9O9/c34-22(11-12-26(35)44)30(48)39-17-28(46)38-18-29(47)40-25(19-43)33(51)42-24(16-27(36)45)32(50)41-23(15-21-9-5-2-6-10-21)31(49)37-14-13-20-7-3-1-4-8-20/h1-10,22-25,43H,11-19,34H2,(H2,35,44)(H2,36,45)(H,37,49)(H,38,46)(H,39,48)(H,40,47)(H,41,50)(H,42,51). The zero-order chi connectivity index (χ0) is 37.8. The van der Waals surface area contributed by atoms with Crippen molar-refractivity contribution in [2.45, 2.75) is 56.3 Å². The first kappa shape index (κ1) is 41.3. The molecule has 0 aliphatic rings. The van der Waals surface area contributed by atoms with Crippen LogP contribution in [0.4, 0.5) is 0 Å². The maximum atomic E-state index is 13.4. The van der Waals surface area contributed by atoms with Crippen LogP contribution in [0.5, 0.6) is 0 Å². The second kappa shape index (κ2) is 22.0. The number of nitrogens with one attached hydrogen (secondary N) is 6. The lowest BCUT2D eigenvalue weighted by molar-refractivity contribution is -0.135. The van der Waals surface area contributed by atoms with E-state index in [1.807, 2.05) is 30.3 Å². The molecule has 0 fully saturated rings. The van der Waals surface area contributed by atoms with E-state index in [2.05, 4.69) is 31.9 Å².